The first-order valence-electron chi connectivity index (χ1n) is 35.1. The molecule has 0 bridgehead atoms. The molecule has 2 amide bonds. The average Bonchev–Trinajstić information content (AvgIpc) is 1.62. The summed E-state index contributed by atoms with van der Waals surface area (Å²) in [5, 5.41) is 55.9. The molecule has 4 saturated heterocycles. The van der Waals surface area contributed by atoms with Crippen LogP contribution in [0.3, 0.4) is 0 Å². The first-order chi connectivity index (χ1) is 51.3. The molecule has 0 atom stereocenters. The van der Waals surface area contributed by atoms with Crippen molar-refractivity contribution in [3.63, 3.8) is 0 Å². The van der Waals surface area contributed by atoms with E-state index >= 15 is 0 Å². The number of hydrogen-bond acceptors (Lipinski definition) is 16. The average molecular weight is 1550 g/mol. The third-order valence-corrected chi connectivity index (χ3v) is 23.0. The second kappa shape index (κ2) is 31.0. The van der Waals surface area contributed by atoms with E-state index in [4.69, 9.17) is 62.7 Å². The van der Waals surface area contributed by atoms with Crippen LogP contribution >= 0.6 is 58.0 Å². The molecule has 0 aliphatic carbocycles. The number of rotatable bonds is 8. The first-order valence-corrected chi connectivity index (χ1v) is 38.8. The molecular weight excluding hydrogens is 1470 g/mol. The molecular formula is C74H76Cl5N21O5S. The Morgan fingerprint density at radius 2 is 0.991 bits per heavy atom. The predicted molar refractivity (Wildman–Crippen MR) is 417 cm³/mol. The van der Waals surface area contributed by atoms with Gasteiger partial charge in [0.15, 0.2) is 0 Å². The van der Waals surface area contributed by atoms with E-state index in [1.807, 2.05) is 131 Å². The van der Waals surface area contributed by atoms with Crippen molar-refractivity contribution in [2.45, 2.75) is 82.5 Å². The van der Waals surface area contributed by atoms with E-state index < -0.39 is 10.0 Å². The summed E-state index contributed by atoms with van der Waals surface area (Å²) in [6.45, 7) is 10.4. The van der Waals surface area contributed by atoms with Crippen molar-refractivity contribution < 1.29 is 22.7 Å². The maximum atomic E-state index is 11.6. The van der Waals surface area contributed by atoms with Gasteiger partial charge in [-0.05, 0) is 128 Å². The van der Waals surface area contributed by atoms with Crippen LogP contribution in [0.2, 0.25) is 25.1 Å². The van der Waals surface area contributed by atoms with Crippen LogP contribution in [0.4, 0.5) is 21.9 Å². The molecule has 8 aromatic heterocycles. The SMILES string of the molecule is CC(=O)N1CCC(n2cc(-c3cc(Cl)cc4[nH]ncc34)cn2)CC1.CS(=O)(=O)N1CCC(n2cc(-c3cc(Cl)cc4[nH]ncc34)cn2)CC1.Clc1cc(N2CC=CCC2)c2cn[nH]c2c1.Clc1cc(N2CCc3ccncc3C2)c2cn[nH]c2c1.O=C1NCC2(CCN(c3cc(Cl)cc4[nH]ncc34)CC2)O1. The van der Waals surface area contributed by atoms with Gasteiger partial charge in [0.2, 0.25) is 15.9 Å². The zero-order valence-electron chi connectivity index (χ0n) is 58.0. The van der Waals surface area contributed by atoms with E-state index in [1.54, 1.807) is 13.1 Å². The predicted octanol–water partition coefficient (Wildman–Crippen LogP) is 14.4. The summed E-state index contributed by atoms with van der Waals surface area (Å²) in [4.78, 5) is 35.8. The fraction of sp³-hybridized carbons (Fsp3) is 0.324. The quantitative estimate of drug-likeness (QED) is 0.0771. The molecule has 6 N–H and O–H groups in total. The van der Waals surface area contributed by atoms with Crippen LogP contribution in [-0.4, -0.2) is 182 Å². The van der Waals surface area contributed by atoms with Crippen molar-refractivity contribution in [2.24, 2.45) is 0 Å². The van der Waals surface area contributed by atoms with Gasteiger partial charge in [-0.25, -0.2) is 17.5 Å². The number of amides is 2. The highest BCUT2D eigenvalue weighted by atomic mass is 35.5. The lowest BCUT2D eigenvalue weighted by Crippen LogP contribution is -2.46. The number of aromatic amines is 5. The maximum Gasteiger partial charge on any atom is 0.407 e. The lowest BCUT2D eigenvalue weighted by Gasteiger charge is -2.38. The number of hydrogen-bond donors (Lipinski definition) is 6. The number of alkyl carbamates (subject to hydrolysis) is 1. The summed E-state index contributed by atoms with van der Waals surface area (Å²) in [5.41, 5.74) is 14.4. The maximum absolute atomic E-state index is 11.6. The smallest absolute Gasteiger partial charge is 0.407 e. The van der Waals surface area contributed by atoms with Crippen LogP contribution in [0, 0.1) is 0 Å². The number of H-pyrrole nitrogens is 5. The zero-order chi connectivity index (χ0) is 73.2. The third-order valence-electron chi connectivity index (χ3n) is 20.6. The summed E-state index contributed by atoms with van der Waals surface area (Å²) < 4.78 is 34.2. The molecule has 548 valence electrons. The molecule has 32 heteroatoms. The zero-order valence-corrected chi connectivity index (χ0v) is 62.6. The highest BCUT2D eigenvalue weighted by Gasteiger charge is 2.43. The molecule has 0 saturated carbocycles. The number of carbonyl (C=O) groups excluding carboxylic acids is 2. The Balaban J connectivity index is 0.000000107. The molecule has 6 aliphatic heterocycles. The standard InChI is InChI=1S/C17H18ClN5O.C16H18ClN5O2S.C15H13ClN4.C14H15ClN4O2.C12H12ClN3/c1-11(24)22-4-2-14(3-5-22)23-10-12(8-20-23)15-6-13(18)7-17-16(15)9-19-21-17;1-25(23,24)21-4-2-13(3-5-21)22-10-11(8-19-22)14-6-12(17)7-16-15(14)9-18-20-16;16-12-5-14-13(8-18-19-14)15(6-12)20-4-2-10-1-3-17-7-11(10)9-20;15-9-5-11-10(7-17-18-11)12(6-9)19-3-1-14(2-4-19)8-16-13(20)21-14;13-9-6-11-10(8-14-15-11)12(7-9)16-4-2-1-3-5-16/h6-10,14H,2-5H2,1H3,(H,19,21);6-10,13H,2-5H2,1H3,(H,18,20);1,3,5-8H,2,4,9H2,(H,18,19);5-7H,1-4,8H2,(H,16,20)(H,17,18);1-2,6-8H,3-5H2,(H,14,15). The number of piperidine rings is 3. The molecule has 106 heavy (non-hydrogen) atoms. The number of benzene rings is 5. The molecule has 6 aliphatic rings. The number of ether oxygens (including phenoxy) is 1. The highest BCUT2D eigenvalue weighted by molar-refractivity contribution is 7.88. The van der Waals surface area contributed by atoms with Gasteiger partial charge in [-0.3, -0.25) is 44.6 Å². The number of halogens is 5. The number of sulfonamides is 1. The van der Waals surface area contributed by atoms with Crippen molar-refractivity contribution in [3.05, 3.63) is 183 Å². The molecule has 0 unspecified atom stereocenters. The Kier molecular flexibility index (Phi) is 21.0. The number of fused-ring (bicyclic) bond motifs is 6. The molecule has 0 radical (unpaired) electrons. The molecule has 4 fully saturated rings. The van der Waals surface area contributed by atoms with Crippen molar-refractivity contribution in [3.8, 4) is 22.3 Å². The summed E-state index contributed by atoms with van der Waals surface area (Å²) >= 11 is 30.9. The summed E-state index contributed by atoms with van der Waals surface area (Å²) in [6.07, 6.45) is 33.2. The normalized spacial score (nSPS) is 17.0. The highest BCUT2D eigenvalue weighted by Crippen LogP contribution is 2.39. The van der Waals surface area contributed by atoms with Gasteiger partial charge < -0.3 is 29.7 Å². The molecule has 1 spiro atoms. The molecule has 13 aromatic rings. The van der Waals surface area contributed by atoms with Gasteiger partial charge >= 0.3 is 6.09 Å². The van der Waals surface area contributed by atoms with Crippen LogP contribution in [0.1, 0.15) is 75.1 Å². The van der Waals surface area contributed by atoms with E-state index in [0.29, 0.717) is 40.7 Å². The van der Waals surface area contributed by atoms with Crippen molar-refractivity contribution in [1.29, 1.82) is 0 Å². The van der Waals surface area contributed by atoms with E-state index in [-0.39, 0.29) is 23.6 Å². The van der Waals surface area contributed by atoms with Gasteiger partial charge in [-0.15, -0.1) is 0 Å². The van der Waals surface area contributed by atoms with Crippen LogP contribution in [0.15, 0.2) is 147 Å². The fourth-order valence-electron chi connectivity index (χ4n) is 14.9. The van der Waals surface area contributed by atoms with Gasteiger partial charge in [-0.1, -0.05) is 70.2 Å². The van der Waals surface area contributed by atoms with E-state index in [0.717, 1.165) is 202 Å². The Morgan fingerprint density at radius 1 is 0.528 bits per heavy atom. The minimum absolute atomic E-state index is 0.149. The molecule has 19 rings (SSSR count). The number of nitrogens with one attached hydrogen (secondary N) is 6. The fourth-order valence-corrected chi connectivity index (χ4v) is 16.9. The van der Waals surface area contributed by atoms with Gasteiger partial charge in [0.25, 0.3) is 0 Å². The Hall–Kier alpha value is -9.74. The summed E-state index contributed by atoms with van der Waals surface area (Å²) in [5.74, 6) is 0.149. The van der Waals surface area contributed by atoms with Crippen molar-refractivity contribution >= 4 is 152 Å². The Bertz CT molecular complexity index is 5490. The monoisotopic (exact) mass is 1550 g/mol. The van der Waals surface area contributed by atoms with E-state index in [9.17, 15) is 18.0 Å². The van der Waals surface area contributed by atoms with Gasteiger partial charge in [0, 0.05) is 190 Å². The second-order valence-corrected chi connectivity index (χ2v) is 31.5. The van der Waals surface area contributed by atoms with E-state index in [1.165, 1.54) is 27.4 Å². The number of pyridine rings is 1. The Morgan fingerprint density at radius 3 is 1.45 bits per heavy atom. The number of anilines is 3. The van der Waals surface area contributed by atoms with Crippen molar-refractivity contribution in [1.82, 2.24) is 90.1 Å². The number of carbonyl (C=O) groups is 2. The third kappa shape index (κ3) is 15.9. The van der Waals surface area contributed by atoms with Crippen LogP contribution < -0.4 is 20.0 Å². The largest absolute Gasteiger partial charge is 0.441 e. The van der Waals surface area contributed by atoms with Gasteiger partial charge in [0.05, 0.1) is 95.8 Å². The lowest BCUT2D eigenvalue weighted by atomic mass is 9.91. The van der Waals surface area contributed by atoms with E-state index in [2.05, 4.69) is 111 Å². The van der Waals surface area contributed by atoms with Crippen LogP contribution in [0.25, 0.3) is 76.8 Å². The summed E-state index contributed by atoms with van der Waals surface area (Å²) in [7, 11) is -3.11. The van der Waals surface area contributed by atoms with Gasteiger partial charge in [0.1, 0.15) is 5.60 Å². The molecule has 26 nitrogen and oxygen atoms in total. The van der Waals surface area contributed by atoms with Crippen LogP contribution in [0.5, 0.6) is 0 Å². The first kappa shape index (κ1) is 71.9. The second-order valence-electron chi connectivity index (χ2n) is 27.3. The van der Waals surface area contributed by atoms with Gasteiger partial charge in [-0.2, -0.15) is 35.7 Å². The molecule has 14 heterocycles. The Labute approximate surface area is 634 Å². The minimum Gasteiger partial charge on any atom is -0.441 e. The van der Waals surface area contributed by atoms with Crippen molar-refractivity contribution in [2.75, 3.05) is 86.4 Å². The topological polar surface area (TPSA) is 298 Å². The lowest BCUT2D eigenvalue weighted by molar-refractivity contribution is -0.130. The molecule has 5 aromatic carbocycles. The number of aromatic nitrogens is 15. The summed E-state index contributed by atoms with van der Waals surface area (Å²) in [6, 6.07) is 21.9. The minimum atomic E-state index is -3.11. The number of nitrogens with zero attached hydrogens (tertiary/aromatic N) is 15. The van der Waals surface area contributed by atoms with Crippen LogP contribution in [-0.2, 0) is 32.5 Å². The number of likely N-dealkylation sites (tertiary alicyclic amines) is 1.